The van der Waals surface area contributed by atoms with Crippen molar-refractivity contribution in [3.63, 3.8) is 0 Å². The molecule has 3 heteroatoms. The molecule has 0 aliphatic heterocycles. The number of carbonyl (C=O) groups excluding carboxylic acids is 1. The quantitative estimate of drug-likeness (QED) is 0.588. The lowest BCUT2D eigenvalue weighted by Gasteiger charge is -2.43. The molecule has 2 saturated carbocycles. The molecular weight excluding hydrogens is 216 g/mol. The van der Waals surface area contributed by atoms with E-state index in [1.54, 1.807) is 0 Å². The van der Waals surface area contributed by atoms with Crippen molar-refractivity contribution < 1.29 is 14.6 Å². The third-order valence-electron chi connectivity index (χ3n) is 5.00. The van der Waals surface area contributed by atoms with Gasteiger partial charge in [-0.1, -0.05) is 18.6 Å². The van der Waals surface area contributed by atoms with Crippen LogP contribution in [0.5, 0.6) is 0 Å². The van der Waals surface area contributed by atoms with Crippen LogP contribution in [0.15, 0.2) is 12.2 Å². The second-order valence-electron chi connectivity index (χ2n) is 5.67. The van der Waals surface area contributed by atoms with Crippen molar-refractivity contribution in [3.05, 3.63) is 12.2 Å². The van der Waals surface area contributed by atoms with Crippen molar-refractivity contribution in [1.82, 2.24) is 0 Å². The van der Waals surface area contributed by atoms with Crippen LogP contribution in [0.3, 0.4) is 0 Å². The number of carbonyl (C=O) groups is 1. The van der Waals surface area contributed by atoms with Gasteiger partial charge in [0, 0.05) is 5.41 Å². The van der Waals surface area contributed by atoms with E-state index in [1.165, 1.54) is 0 Å². The summed E-state index contributed by atoms with van der Waals surface area (Å²) in [5, 5.41) is 10.3. The summed E-state index contributed by atoms with van der Waals surface area (Å²) in [4.78, 5) is 12.1. The molecule has 3 rings (SSSR count). The fraction of sp³-hybridized carbons (Fsp3) is 0.786. The molecule has 5 atom stereocenters. The number of aliphatic hydroxyl groups is 1. The van der Waals surface area contributed by atoms with E-state index >= 15 is 0 Å². The molecule has 3 unspecified atom stereocenters. The van der Waals surface area contributed by atoms with Gasteiger partial charge in [-0.3, -0.25) is 4.79 Å². The van der Waals surface area contributed by atoms with Crippen LogP contribution in [0.25, 0.3) is 0 Å². The Morgan fingerprint density at radius 2 is 2.35 bits per heavy atom. The molecule has 0 aromatic carbocycles. The number of fused-ring (bicyclic) bond motifs is 1. The third-order valence-corrected chi connectivity index (χ3v) is 5.00. The van der Waals surface area contributed by atoms with Crippen LogP contribution < -0.4 is 0 Å². The summed E-state index contributed by atoms with van der Waals surface area (Å²) in [5.41, 5.74) is -0.111. The standard InChI is InChI=1S/C14H20O3/c1-2-17-13(16)12-9-6-7-14(8-9)10(12)4-3-5-11(14)15/h6-7,9-12,15H,2-5,8H2,1H3/t9-,10?,11?,12?,14-/m0/s1. The predicted molar refractivity (Wildman–Crippen MR) is 63.2 cm³/mol. The largest absolute Gasteiger partial charge is 0.466 e. The van der Waals surface area contributed by atoms with Gasteiger partial charge >= 0.3 is 5.97 Å². The van der Waals surface area contributed by atoms with E-state index in [2.05, 4.69) is 12.2 Å². The molecular formula is C14H20O3. The highest BCUT2D eigenvalue weighted by atomic mass is 16.5. The number of esters is 1. The lowest BCUT2D eigenvalue weighted by atomic mass is 9.64. The summed E-state index contributed by atoms with van der Waals surface area (Å²) in [6.07, 6.45) is 7.97. The van der Waals surface area contributed by atoms with Gasteiger partial charge < -0.3 is 9.84 Å². The van der Waals surface area contributed by atoms with Crippen LogP contribution in [-0.4, -0.2) is 23.8 Å². The molecule has 0 heterocycles. The van der Waals surface area contributed by atoms with E-state index in [-0.39, 0.29) is 23.4 Å². The molecule has 0 aromatic rings. The molecule has 0 radical (unpaired) electrons. The maximum absolute atomic E-state index is 12.1. The second kappa shape index (κ2) is 3.84. The van der Waals surface area contributed by atoms with E-state index in [0.29, 0.717) is 18.4 Å². The maximum atomic E-state index is 12.1. The minimum Gasteiger partial charge on any atom is -0.466 e. The first-order valence-corrected chi connectivity index (χ1v) is 6.73. The molecule has 0 saturated heterocycles. The van der Waals surface area contributed by atoms with Crippen LogP contribution >= 0.6 is 0 Å². The monoisotopic (exact) mass is 236 g/mol. The molecule has 2 bridgehead atoms. The first kappa shape index (κ1) is 11.3. The van der Waals surface area contributed by atoms with Crippen LogP contribution in [0.4, 0.5) is 0 Å². The Labute approximate surface area is 102 Å². The number of aliphatic hydroxyl groups excluding tert-OH is 1. The van der Waals surface area contributed by atoms with Crippen molar-refractivity contribution in [1.29, 1.82) is 0 Å². The molecule has 3 aliphatic rings. The van der Waals surface area contributed by atoms with Gasteiger partial charge in [0.15, 0.2) is 0 Å². The van der Waals surface area contributed by atoms with Crippen LogP contribution in [0, 0.1) is 23.2 Å². The number of hydrogen-bond donors (Lipinski definition) is 1. The third kappa shape index (κ3) is 1.41. The molecule has 0 amide bonds. The molecule has 1 N–H and O–H groups in total. The Balaban J connectivity index is 1.90. The van der Waals surface area contributed by atoms with Gasteiger partial charge in [0.05, 0.1) is 18.6 Å². The van der Waals surface area contributed by atoms with E-state index in [4.69, 9.17) is 4.74 Å². The highest BCUT2D eigenvalue weighted by molar-refractivity contribution is 5.75. The number of rotatable bonds is 2. The number of allylic oxidation sites excluding steroid dienone is 1. The lowest BCUT2D eigenvalue weighted by Crippen LogP contribution is -2.44. The van der Waals surface area contributed by atoms with E-state index in [9.17, 15) is 9.90 Å². The summed E-state index contributed by atoms with van der Waals surface area (Å²) < 4.78 is 5.20. The normalized spacial score (nSPS) is 46.9. The highest BCUT2D eigenvalue weighted by Crippen LogP contribution is 2.62. The minimum absolute atomic E-state index is 0.00472. The molecule has 2 fully saturated rings. The Morgan fingerprint density at radius 1 is 1.53 bits per heavy atom. The number of ether oxygens (including phenoxy) is 1. The summed E-state index contributed by atoms with van der Waals surface area (Å²) >= 11 is 0. The van der Waals surface area contributed by atoms with Crippen molar-refractivity contribution in [2.24, 2.45) is 23.2 Å². The Bertz CT molecular complexity index is 362. The smallest absolute Gasteiger partial charge is 0.309 e. The van der Waals surface area contributed by atoms with Crippen molar-refractivity contribution in [2.75, 3.05) is 6.61 Å². The molecule has 17 heavy (non-hydrogen) atoms. The topological polar surface area (TPSA) is 46.5 Å². The fourth-order valence-corrected chi connectivity index (χ4v) is 4.32. The predicted octanol–water partition coefficient (Wildman–Crippen LogP) is 1.90. The van der Waals surface area contributed by atoms with E-state index in [1.807, 2.05) is 6.92 Å². The van der Waals surface area contributed by atoms with Gasteiger partial charge in [-0.25, -0.2) is 0 Å². The Hall–Kier alpha value is -0.830. The van der Waals surface area contributed by atoms with Gasteiger partial charge in [0.25, 0.3) is 0 Å². The van der Waals surface area contributed by atoms with Gasteiger partial charge in [-0.2, -0.15) is 0 Å². The Morgan fingerprint density at radius 3 is 3.12 bits per heavy atom. The van der Waals surface area contributed by atoms with Crippen molar-refractivity contribution >= 4 is 5.97 Å². The second-order valence-corrected chi connectivity index (χ2v) is 5.67. The van der Waals surface area contributed by atoms with Gasteiger partial charge in [-0.15, -0.1) is 0 Å². The van der Waals surface area contributed by atoms with Gasteiger partial charge in [-0.05, 0) is 38.0 Å². The van der Waals surface area contributed by atoms with Crippen molar-refractivity contribution in [2.45, 2.75) is 38.7 Å². The van der Waals surface area contributed by atoms with Crippen LogP contribution in [0.2, 0.25) is 0 Å². The fourth-order valence-electron chi connectivity index (χ4n) is 4.32. The van der Waals surface area contributed by atoms with Gasteiger partial charge in [0.1, 0.15) is 0 Å². The molecule has 3 aliphatic carbocycles. The first-order valence-electron chi connectivity index (χ1n) is 6.73. The van der Waals surface area contributed by atoms with Crippen molar-refractivity contribution in [3.8, 4) is 0 Å². The van der Waals surface area contributed by atoms with Gasteiger partial charge in [0.2, 0.25) is 0 Å². The van der Waals surface area contributed by atoms with Crippen LogP contribution in [0.1, 0.15) is 32.6 Å². The minimum atomic E-state index is -0.262. The van der Waals surface area contributed by atoms with Crippen LogP contribution in [-0.2, 0) is 9.53 Å². The zero-order valence-electron chi connectivity index (χ0n) is 10.3. The summed E-state index contributed by atoms with van der Waals surface area (Å²) in [6, 6.07) is 0. The van der Waals surface area contributed by atoms with E-state index < -0.39 is 0 Å². The lowest BCUT2D eigenvalue weighted by molar-refractivity contribution is -0.152. The first-order chi connectivity index (χ1) is 8.19. The molecule has 94 valence electrons. The Kier molecular flexibility index (Phi) is 2.54. The number of hydrogen-bond acceptors (Lipinski definition) is 3. The zero-order valence-corrected chi connectivity index (χ0v) is 10.3. The molecule has 1 spiro atoms. The summed E-state index contributed by atoms with van der Waals surface area (Å²) in [5.74, 6) is 0.546. The summed E-state index contributed by atoms with van der Waals surface area (Å²) in [6.45, 7) is 2.31. The highest BCUT2D eigenvalue weighted by Gasteiger charge is 2.61. The van der Waals surface area contributed by atoms with E-state index in [0.717, 1.165) is 25.7 Å². The zero-order chi connectivity index (χ0) is 12.0. The summed E-state index contributed by atoms with van der Waals surface area (Å²) in [7, 11) is 0. The average molecular weight is 236 g/mol. The molecule has 3 nitrogen and oxygen atoms in total. The maximum Gasteiger partial charge on any atom is 0.309 e. The molecule has 0 aromatic heterocycles. The average Bonchev–Trinajstić information content (AvgIpc) is 2.85. The SMILES string of the molecule is CCOC(=O)C1C2CCCC(O)[C@]23C=C[C@H]1C3.